The Bertz CT molecular complexity index is 499. The molecule has 0 aliphatic carbocycles. The van der Waals surface area contributed by atoms with Gasteiger partial charge in [-0.1, -0.05) is 34.1 Å². The molecule has 0 aliphatic heterocycles. The summed E-state index contributed by atoms with van der Waals surface area (Å²) in [5, 5.41) is -0.0557. The molecule has 0 N–H and O–H groups in total. The molecule has 2 aromatic rings. The number of aromatic nitrogens is 1. The fourth-order valence-electron chi connectivity index (χ4n) is 1.70. The number of alkyl halides is 1. The molecule has 0 fully saturated rings. The Labute approximate surface area is 115 Å². The molecule has 2 rings (SSSR count). The number of aryl methyl sites for hydroxylation is 1. The summed E-state index contributed by atoms with van der Waals surface area (Å²) in [6.45, 7) is 2.07. The molecule has 0 radical (unpaired) electrons. The van der Waals surface area contributed by atoms with Gasteiger partial charge in [0.05, 0.1) is 5.38 Å². The molecule has 88 valence electrons. The summed E-state index contributed by atoms with van der Waals surface area (Å²) in [6, 6.07) is 12.1. The topological polar surface area (TPSA) is 12.9 Å². The van der Waals surface area contributed by atoms with E-state index in [-0.39, 0.29) is 5.38 Å². The van der Waals surface area contributed by atoms with Crippen molar-refractivity contribution < 1.29 is 0 Å². The molecule has 1 aromatic heterocycles. The summed E-state index contributed by atoms with van der Waals surface area (Å²) >= 11 is 9.98. The zero-order valence-electron chi connectivity index (χ0n) is 9.53. The fraction of sp³-hybridized carbons (Fsp3) is 0.214. The lowest BCUT2D eigenvalue weighted by atomic mass is 10.1. The predicted octanol–water partition coefficient (Wildman–Crippen LogP) is 4.68. The van der Waals surface area contributed by atoms with Crippen LogP contribution in [-0.4, -0.2) is 4.98 Å². The van der Waals surface area contributed by atoms with E-state index in [0.717, 1.165) is 22.2 Å². The van der Waals surface area contributed by atoms with Crippen LogP contribution in [0.15, 0.2) is 47.1 Å². The van der Waals surface area contributed by atoms with Crippen molar-refractivity contribution in [3.8, 4) is 0 Å². The first-order valence-corrected chi connectivity index (χ1v) is 6.70. The minimum Gasteiger partial charge on any atom is -0.261 e. The molecule has 0 spiro atoms. The van der Waals surface area contributed by atoms with Gasteiger partial charge in [0, 0.05) is 22.8 Å². The fourth-order valence-corrected chi connectivity index (χ4v) is 2.95. The largest absolute Gasteiger partial charge is 0.261 e. The van der Waals surface area contributed by atoms with Crippen LogP contribution in [0.4, 0.5) is 0 Å². The number of rotatable bonds is 3. The summed E-state index contributed by atoms with van der Waals surface area (Å²) in [7, 11) is 0. The molecule has 0 saturated carbocycles. The molecule has 0 amide bonds. The van der Waals surface area contributed by atoms with Gasteiger partial charge < -0.3 is 0 Å². The Morgan fingerprint density at radius 2 is 2.12 bits per heavy atom. The van der Waals surface area contributed by atoms with Gasteiger partial charge in [-0.15, -0.1) is 11.6 Å². The second-order valence-corrected chi connectivity index (χ2v) is 5.40. The first-order valence-electron chi connectivity index (χ1n) is 5.47. The monoisotopic (exact) mass is 309 g/mol. The number of halogens is 2. The predicted molar refractivity (Wildman–Crippen MR) is 75.4 cm³/mol. The molecule has 1 atom stereocenters. The van der Waals surface area contributed by atoms with E-state index >= 15 is 0 Å². The summed E-state index contributed by atoms with van der Waals surface area (Å²) in [5.41, 5.74) is 3.35. The Kier molecular flexibility index (Phi) is 4.19. The Hall–Kier alpha value is -0.860. The standard InChI is InChI=1S/C14H13BrClN/c1-10-5-6-12(13(15)8-10)14(16)9-11-4-2-3-7-17-11/h2-8,14H,9H2,1H3. The van der Waals surface area contributed by atoms with E-state index in [0.29, 0.717) is 0 Å². The highest BCUT2D eigenvalue weighted by Crippen LogP contribution is 2.31. The van der Waals surface area contributed by atoms with Gasteiger partial charge in [-0.2, -0.15) is 0 Å². The maximum atomic E-state index is 6.43. The van der Waals surface area contributed by atoms with E-state index < -0.39 is 0 Å². The number of nitrogens with zero attached hydrogens (tertiary/aromatic N) is 1. The number of benzene rings is 1. The highest BCUT2D eigenvalue weighted by atomic mass is 79.9. The van der Waals surface area contributed by atoms with E-state index in [1.54, 1.807) is 6.20 Å². The first-order chi connectivity index (χ1) is 8.16. The van der Waals surface area contributed by atoms with Crippen LogP contribution in [0.3, 0.4) is 0 Å². The van der Waals surface area contributed by atoms with E-state index in [2.05, 4.69) is 46.0 Å². The van der Waals surface area contributed by atoms with Gasteiger partial charge in [0.2, 0.25) is 0 Å². The van der Waals surface area contributed by atoms with Crippen LogP contribution in [0, 0.1) is 6.92 Å². The van der Waals surface area contributed by atoms with Crippen molar-refractivity contribution in [3.05, 3.63) is 63.9 Å². The molecule has 17 heavy (non-hydrogen) atoms. The van der Waals surface area contributed by atoms with E-state index in [1.165, 1.54) is 5.56 Å². The third-order valence-electron chi connectivity index (χ3n) is 2.61. The average molecular weight is 311 g/mol. The Morgan fingerprint density at radius 3 is 2.76 bits per heavy atom. The second kappa shape index (κ2) is 5.65. The minimum atomic E-state index is -0.0557. The summed E-state index contributed by atoms with van der Waals surface area (Å²) < 4.78 is 1.06. The van der Waals surface area contributed by atoms with Crippen molar-refractivity contribution in [2.45, 2.75) is 18.7 Å². The smallest absolute Gasteiger partial charge is 0.0651 e. The lowest BCUT2D eigenvalue weighted by molar-refractivity contribution is 0.876. The normalized spacial score (nSPS) is 12.4. The average Bonchev–Trinajstić information content (AvgIpc) is 2.30. The van der Waals surface area contributed by atoms with Gasteiger partial charge in [0.15, 0.2) is 0 Å². The van der Waals surface area contributed by atoms with E-state index in [4.69, 9.17) is 11.6 Å². The van der Waals surface area contributed by atoms with Crippen molar-refractivity contribution in [3.63, 3.8) is 0 Å². The summed E-state index contributed by atoms with van der Waals surface area (Å²) in [6.07, 6.45) is 2.53. The molecule has 1 aromatic carbocycles. The SMILES string of the molecule is Cc1ccc(C(Cl)Cc2ccccn2)c(Br)c1. The van der Waals surface area contributed by atoms with Gasteiger partial charge in [0.25, 0.3) is 0 Å². The zero-order chi connectivity index (χ0) is 12.3. The molecule has 0 aliphatic rings. The zero-order valence-corrected chi connectivity index (χ0v) is 11.9. The van der Waals surface area contributed by atoms with Crippen molar-refractivity contribution in [2.75, 3.05) is 0 Å². The van der Waals surface area contributed by atoms with Gasteiger partial charge in [-0.3, -0.25) is 4.98 Å². The maximum absolute atomic E-state index is 6.43. The van der Waals surface area contributed by atoms with Crippen molar-refractivity contribution >= 4 is 27.5 Å². The van der Waals surface area contributed by atoms with Gasteiger partial charge in [-0.25, -0.2) is 0 Å². The van der Waals surface area contributed by atoms with Gasteiger partial charge in [-0.05, 0) is 36.2 Å². The summed E-state index contributed by atoms with van der Waals surface area (Å²) in [4.78, 5) is 4.29. The minimum absolute atomic E-state index is 0.0557. The van der Waals surface area contributed by atoms with E-state index in [1.807, 2.05) is 18.2 Å². The van der Waals surface area contributed by atoms with Crippen LogP contribution in [0.1, 0.15) is 22.2 Å². The molecular weight excluding hydrogens is 298 g/mol. The van der Waals surface area contributed by atoms with Crippen LogP contribution in [0.25, 0.3) is 0 Å². The summed E-state index contributed by atoms with van der Waals surface area (Å²) in [5.74, 6) is 0. The second-order valence-electron chi connectivity index (χ2n) is 4.02. The highest BCUT2D eigenvalue weighted by molar-refractivity contribution is 9.10. The molecule has 1 nitrogen and oxygen atoms in total. The van der Waals surface area contributed by atoms with Crippen LogP contribution < -0.4 is 0 Å². The Balaban J connectivity index is 2.17. The van der Waals surface area contributed by atoms with Crippen LogP contribution in [-0.2, 0) is 6.42 Å². The Morgan fingerprint density at radius 1 is 1.29 bits per heavy atom. The molecular formula is C14H13BrClN. The molecule has 1 unspecified atom stereocenters. The van der Waals surface area contributed by atoms with Crippen LogP contribution >= 0.6 is 27.5 Å². The lowest BCUT2D eigenvalue weighted by Crippen LogP contribution is -1.99. The van der Waals surface area contributed by atoms with E-state index in [9.17, 15) is 0 Å². The van der Waals surface area contributed by atoms with Crippen LogP contribution in [0.2, 0.25) is 0 Å². The van der Waals surface area contributed by atoms with Gasteiger partial charge >= 0.3 is 0 Å². The van der Waals surface area contributed by atoms with Gasteiger partial charge in [0.1, 0.15) is 0 Å². The van der Waals surface area contributed by atoms with Crippen molar-refractivity contribution in [1.29, 1.82) is 0 Å². The van der Waals surface area contributed by atoms with Crippen molar-refractivity contribution in [1.82, 2.24) is 4.98 Å². The third kappa shape index (κ3) is 3.30. The maximum Gasteiger partial charge on any atom is 0.0651 e. The molecule has 0 bridgehead atoms. The number of hydrogen-bond acceptors (Lipinski definition) is 1. The van der Waals surface area contributed by atoms with Crippen molar-refractivity contribution in [2.24, 2.45) is 0 Å². The van der Waals surface area contributed by atoms with Crippen LogP contribution in [0.5, 0.6) is 0 Å². The quantitative estimate of drug-likeness (QED) is 0.750. The molecule has 3 heteroatoms. The number of hydrogen-bond donors (Lipinski definition) is 0. The first kappa shape index (κ1) is 12.6. The third-order valence-corrected chi connectivity index (χ3v) is 3.68. The molecule has 0 saturated heterocycles. The number of pyridine rings is 1. The lowest BCUT2D eigenvalue weighted by Gasteiger charge is -2.12. The highest BCUT2D eigenvalue weighted by Gasteiger charge is 2.12. The molecule has 1 heterocycles.